The van der Waals surface area contributed by atoms with E-state index in [0.717, 1.165) is 28.4 Å². The first-order valence-corrected chi connectivity index (χ1v) is 11.4. The highest BCUT2D eigenvalue weighted by Gasteiger charge is 2.22. The van der Waals surface area contributed by atoms with Crippen molar-refractivity contribution in [3.8, 4) is 17.3 Å². The number of nitrogens with zero attached hydrogens (tertiary/aromatic N) is 3. The van der Waals surface area contributed by atoms with Crippen LogP contribution >= 0.6 is 11.3 Å². The van der Waals surface area contributed by atoms with E-state index in [2.05, 4.69) is 27.7 Å². The summed E-state index contributed by atoms with van der Waals surface area (Å²) in [7, 11) is 2.03. The average Bonchev–Trinajstić information content (AvgIpc) is 3.27. The van der Waals surface area contributed by atoms with Crippen molar-refractivity contribution in [2.24, 2.45) is 5.92 Å². The molecule has 0 saturated heterocycles. The molecule has 0 unspecified atom stereocenters. The maximum Gasteiger partial charge on any atom is 0.251 e. The second-order valence-electron chi connectivity index (χ2n) is 8.06. The molecule has 8 heteroatoms. The fourth-order valence-corrected chi connectivity index (χ4v) is 4.11. The number of carbonyl (C=O) groups is 2. The molecule has 0 saturated carbocycles. The summed E-state index contributed by atoms with van der Waals surface area (Å²) in [5.41, 5.74) is 3.36. The molecule has 2 amide bonds. The number of benzene rings is 1. The van der Waals surface area contributed by atoms with Crippen LogP contribution in [0.1, 0.15) is 35.6 Å². The molecular formula is C24H27N5O2S. The van der Waals surface area contributed by atoms with Crippen LogP contribution in [-0.2, 0) is 4.79 Å². The third-order valence-corrected chi connectivity index (χ3v) is 5.86. The second kappa shape index (κ2) is 10.7. The Kier molecular flexibility index (Phi) is 7.79. The molecule has 0 bridgehead atoms. The van der Waals surface area contributed by atoms with Crippen LogP contribution < -0.4 is 10.6 Å². The van der Waals surface area contributed by atoms with E-state index in [-0.39, 0.29) is 24.3 Å². The van der Waals surface area contributed by atoms with Gasteiger partial charge in [0.05, 0.1) is 11.8 Å². The monoisotopic (exact) mass is 449 g/mol. The summed E-state index contributed by atoms with van der Waals surface area (Å²) in [4.78, 5) is 31.8. The predicted octanol–water partition coefficient (Wildman–Crippen LogP) is 3.44. The maximum atomic E-state index is 12.7. The lowest BCUT2D eigenvalue weighted by Crippen LogP contribution is -2.47. The minimum Gasteiger partial charge on any atom is -0.377 e. The third kappa shape index (κ3) is 6.05. The molecule has 0 radical (unpaired) electrons. The molecular weight excluding hydrogens is 422 g/mol. The first kappa shape index (κ1) is 23.2. The van der Waals surface area contributed by atoms with E-state index in [1.54, 1.807) is 23.5 Å². The molecule has 1 aromatic heterocycles. The fourth-order valence-electron chi connectivity index (χ4n) is 3.26. The lowest BCUT2D eigenvalue weighted by Gasteiger charge is -2.19. The molecule has 0 spiro atoms. The Balaban J connectivity index is 1.68. The standard InChI is InChI=1S/C24H27N5O2S/c1-16(2)14-20(23(31)26-11-10-25)27-22(30)18-6-4-17(5-7-18)21-15-32-24(28-21)19-8-12-29(3)13-9-19/h4-9,12,15-16,20H,11,13-14H2,1-3H3,(H,26,31)(H,27,30)/t20-/m0/s1. The van der Waals surface area contributed by atoms with Crippen molar-refractivity contribution in [2.75, 3.05) is 20.1 Å². The van der Waals surface area contributed by atoms with Gasteiger partial charge in [-0.2, -0.15) is 5.26 Å². The van der Waals surface area contributed by atoms with E-state index < -0.39 is 6.04 Å². The molecule has 0 fully saturated rings. The molecule has 166 valence electrons. The van der Waals surface area contributed by atoms with Crippen molar-refractivity contribution < 1.29 is 9.59 Å². The lowest BCUT2D eigenvalue weighted by atomic mass is 10.0. The van der Waals surface area contributed by atoms with E-state index in [1.807, 2.05) is 50.7 Å². The quantitative estimate of drug-likeness (QED) is 0.602. The second-order valence-corrected chi connectivity index (χ2v) is 8.92. The van der Waals surface area contributed by atoms with E-state index in [4.69, 9.17) is 10.2 Å². The number of carbonyl (C=O) groups excluding carboxylic acids is 2. The highest BCUT2D eigenvalue weighted by Crippen LogP contribution is 2.28. The van der Waals surface area contributed by atoms with Crippen molar-refractivity contribution in [1.29, 1.82) is 5.26 Å². The SMILES string of the molecule is CC(C)C[C@H](NC(=O)c1ccc(-c2csc(C3=CCN(C)C=C3)n2)cc1)C(=O)NCC#N. The first-order chi connectivity index (χ1) is 15.4. The van der Waals surface area contributed by atoms with Gasteiger partial charge in [0.2, 0.25) is 5.91 Å². The number of amides is 2. The minimum atomic E-state index is -0.688. The van der Waals surface area contributed by atoms with Crippen molar-refractivity contribution in [3.63, 3.8) is 0 Å². The first-order valence-electron chi connectivity index (χ1n) is 10.5. The molecule has 1 aromatic carbocycles. The number of hydrogen-bond donors (Lipinski definition) is 2. The number of rotatable bonds is 8. The van der Waals surface area contributed by atoms with E-state index in [1.165, 1.54) is 0 Å². The summed E-state index contributed by atoms with van der Waals surface area (Å²) in [6.45, 7) is 4.73. The van der Waals surface area contributed by atoms with Crippen molar-refractivity contribution in [3.05, 3.63) is 58.6 Å². The number of likely N-dealkylation sites (N-methyl/N-ethyl adjacent to an activating group) is 1. The summed E-state index contributed by atoms with van der Waals surface area (Å²) >= 11 is 1.59. The molecule has 2 heterocycles. The van der Waals surface area contributed by atoms with Crippen molar-refractivity contribution in [1.82, 2.24) is 20.5 Å². The van der Waals surface area contributed by atoms with Gasteiger partial charge in [0.25, 0.3) is 5.91 Å². The Morgan fingerprint density at radius 3 is 2.66 bits per heavy atom. The predicted molar refractivity (Wildman–Crippen MR) is 127 cm³/mol. The molecule has 2 aromatic rings. The van der Waals surface area contributed by atoms with Gasteiger partial charge in [0.15, 0.2) is 0 Å². The molecule has 3 rings (SSSR count). The molecule has 2 N–H and O–H groups in total. The topological polar surface area (TPSA) is 98.1 Å². The Hall–Kier alpha value is -3.44. The van der Waals surface area contributed by atoms with Gasteiger partial charge >= 0.3 is 0 Å². The number of allylic oxidation sites excluding steroid dienone is 2. The van der Waals surface area contributed by atoms with Crippen LogP contribution in [0.2, 0.25) is 0 Å². The maximum absolute atomic E-state index is 12.7. The van der Waals surface area contributed by atoms with E-state index in [0.29, 0.717) is 12.0 Å². The number of hydrogen-bond acceptors (Lipinski definition) is 6. The van der Waals surface area contributed by atoms with Gasteiger partial charge in [-0.05, 0) is 36.7 Å². The lowest BCUT2D eigenvalue weighted by molar-refractivity contribution is -0.123. The number of aromatic nitrogens is 1. The van der Waals surface area contributed by atoms with Crippen LogP contribution in [0, 0.1) is 17.2 Å². The third-order valence-electron chi connectivity index (χ3n) is 4.97. The summed E-state index contributed by atoms with van der Waals surface area (Å²) in [5.74, 6) is -0.462. The van der Waals surface area contributed by atoms with Crippen LogP contribution in [0.15, 0.2) is 48.0 Å². The Morgan fingerprint density at radius 2 is 2.03 bits per heavy atom. The zero-order valence-corrected chi connectivity index (χ0v) is 19.3. The van der Waals surface area contributed by atoms with Gasteiger partial charge in [-0.1, -0.05) is 32.1 Å². The molecule has 1 atom stereocenters. The average molecular weight is 450 g/mol. The van der Waals surface area contributed by atoms with Gasteiger partial charge in [0, 0.05) is 35.7 Å². The van der Waals surface area contributed by atoms with Gasteiger partial charge in [-0.3, -0.25) is 9.59 Å². The fraction of sp³-hybridized carbons (Fsp3) is 0.333. The molecule has 7 nitrogen and oxygen atoms in total. The van der Waals surface area contributed by atoms with E-state index in [9.17, 15) is 9.59 Å². The zero-order valence-electron chi connectivity index (χ0n) is 18.5. The number of thiazole rings is 1. The summed E-state index contributed by atoms with van der Waals surface area (Å²) < 4.78 is 0. The van der Waals surface area contributed by atoms with Gasteiger partial charge < -0.3 is 15.5 Å². The van der Waals surface area contributed by atoms with Crippen LogP contribution in [0.25, 0.3) is 16.8 Å². The Bertz CT molecular complexity index is 1060. The smallest absolute Gasteiger partial charge is 0.251 e. The van der Waals surface area contributed by atoms with Crippen molar-refractivity contribution in [2.45, 2.75) is 26.3 Å². The highest BCUT2D eigenvalue weighted by atomic mass is 32.1. The van der Waals surface area contributed by atoms with Crippen LogP contribution in [-0.4, -0.2) is 47.9 Å². The summed E-state index contributed by atoms with van der Waals surface area (Å²) in [6.07, 6.45) is 6.73. The number of nitrogens with one attached hydrogen (secondary N) is 2. The van der Waals surface area contributed by atoms with Gasteiger partial charge in [-0.25, -0.2) is 4.98 Å². The van der Waals surface area contributed by atoms with Crippen LogP contribution in [0.5, 0.6) is 0 Å². The summed E-state index contributed by atoms with van der Waals surface area (Å²) in [6, 6.07) is 8.38. The molecule has 1 aliphatic heterocycles. The van der Waals surface area contributed by atoms with Crippen molar-refractivity contribution >= 4 is 28.7 Å². The highest BCUT2D eigenvalue weighted by molar-refractivity contribution is 7.11. The number of nitriles is 1. The normalized spacial score (nSPS) is 14.0. The van der Waals surface area contributed by atoms with Gasteiger partial charge in [0.1, 0.15) is 17.6 Å². The Morgan fingerprint density at radius 1 is 1.28 bits per heavy atom. The molecule has 0 aliphatic carbocycles. The van der Waals surface area contributed by atoms with Crippen LogP contribution in [0.4, 0.5) is 0 Å². The molecule has 32 heavy (non-hydrogen) atoms. The Labute approximate surface area is 192 Å². The summed E-state index contributed by atoms with van der Waals surface area (Å²) in [5, 5.41) is 17.0. The zero-order chi connectivity index (χ0) is 23.1. The molecule has 1 aliphatic rings. The van der Waals surface area contributed by atoms with Crippen LogP contribution in [0.3, 0.4) is 0 Å². The van der Waals surface area contributed by atoms with E-state index >= 15 is 0 Å². The minimum absolute atomic E-state index is 0.0863. The largest absolute Gasteiger partial charge is 0.377 e. The van der Waals surface area contributed by atoms with Gasteiger partial charge in [-0.15, -0.1) is 11.3 Å².